The molecule has 2 rings (SSSR count). The summed E-state index contributed by atoms with van der Waals surface area (Å²) < 4.78 is 18.1. The number of benzene rings is 1. The number of carbonyl (C=O) groups excluding carboxylic acids is 1. The number of nitrogens with one attached hydrogen (secondary N) is 1. The number of amides is 1. The molecule has 1 amide bonds. The Hall–Kier alpha value is -1.78. The minimum absolute atomic E-state index is 0.0158. The first-order chi connectivity index (χ1) is 8.20. The van der Waals surface area contributed by atoms with E-state index in [-0.39, 0.29) is 11.9 Å². The van der Waals surface area contributed by atoms with Gasteiger partial charge in [-0.25, -0.2) is 9.18 Å². The summed E-state index contributed by atoms with van der Waals surface area (Å²) in [7, 11) is 1.33. The molecule has 1 saturated heterocycles. The smallest absolute Gasteiger partial charge is 0.407 e. The van der Waals surface area contributed by atoms with Crippen molar-refractivity contribution in [2.45, 2.75) is 12.5 Å². The van der Waals surface area contributed by atoms with Crippen LogP contribution in [0.5, 0.6) is 0 Å². The largest absolute Gasteiger partial charge is 0.453 e. The first-order valence-corrected chi connectivity index (χ1v) is 5.54. The number of para-hydroxylation sites is 1. The van der Waals surface area contributed by atoms with Gasteiger partial charge in [0, 0.05) is 13.1 Å². The van der Waals surface area contributed by atoms with E-state index in [0.717, 1.165) is 13.0 Å². The van der Waals surface area contributed by atoms with E-state index < -0.39 is 6.09 Å². The Morgan fingerprint density at radius 2 is 2.29 bits per heavy atom. The fourth-order valence-electron chi connectivity index (χ4n) is 2.03. The molecule has 1 atom stereocenters. The van der Waals surface area contributed by atoms with E-state index >= 15 is 0 Å². The first-order valence-electron chi connectivity index (χ1n) is 5.54. The van der Waals surface area contributed by atoms with Crippen LogP contribution in [0.4, 0.5) is 14.9 Å². The Morgan fingerprint density at radius 3 is 3.00 bits per heavy atom. The van der Waals surface area contributed by atoms with Crippen molar-refractivity contribution in [3.05, 3.63) is 30.1 Å². The van der Waals surface area contributed by atoms with Gasteiger partial charge >= 0.3 is 6.09 Å². The summed E-state index contributed by atoms with van der Waals surface area (Å²) in [6.45, 7) is 1.34. The zero-order chi connectivity index (χ0) is 12.3. The summed E-state index contributed by atoms with van der Waals surface area (Å²) in [6.07, 6.45) is 0.356. The molecule has 4 nitrogen and oxygen atoms in total. The van der Waals surface area contributed by atoms with E-state index in [4.69, 9.17) is 0 Å². The zero-order valence-corrected chi connectivity index (χ0v) is 9.65. The number of alkyl carbamates (subject to hydrolysis) is 1. The van der Waals surface area contributed by atoms with E-state index in [9.17, 15) is 9.18 Å². The fourth-order valence-corrected chi connectivity index (χ4v) is 2.03. The van der Waals surface area contributed by atoms with Crippen LogP contribution < -0.4 is 10.2 Å². The summed E-state index contributed by atoms with van der Waals surface area (Å²) in [6, 6.07) is 6.67. The highest BCUT2D eigenvalue weighted by Crippen LogP contribution is 2.23. The van der Waals surface area contributed by atoms with Crippen molar-refractivity contribution in [1.82, 2.24) is 5.32 Å². The molecule has 0 unspecified atom stereocenters. The van der Waals surface area contributed by atoms with Crippen molar-refractivity contribution in [1.29, 1.82) is 0 Å². The quantitative estimate of drug-likeness (QED) is 0.853. The number of anilines is 1. The van der Waals surface area contributed by atoms with Crippen LogP contribution in [0.15, 0.2) is 24.3 Å². The third-order valence-corrected chi connectivity index (χ3v) is 2.89. The van der Waals surface area contributed by atoms with Crippen molar-refractivity contribution in [2.24, 2.45) is 0 Å². The Labute approximate surface area is 99.4 Å². The molecule has 1 aliphatic rings. The normalized spacial score (nSPS) is 19.2. The van der Waals surface area contributed by atoms with Gasteiger partial charge in [-0.1, -0.05) is 12.1 Å². The van der Waals surface area contributed by atoms with Gasteiger partial charge in [0.2, 0.25) is 0 Å². The number of halogens is 1. The second-order valence-corrected chi connectivity index (χ2v) is 4.02. The molecule has 1 aliphatic heterocycles. The predicted molar refractivity (Wildman–Crippen MR) is 62.6 cm³/mol. The van der Waals surface area contributed by atoms with E-state index in [1.165, 1.54) is 13.2 Å². The van der Waals surface area contributed by atoms with Crippen molar-refractivity contribution in [3.63, 3.8) is 0 Å². The Kier molecular flexibility index (Phi) is 3.46. The van der Waals surface area contributed by atoms with Gasteiger partial charge in [0.25, 0.3) is 0 Å². The van der Waals surface area contributed by atoms with E-state index in [1.54, 1.807) is 18.2 Å². The van der Waals surface area contributed by atoms with Gasteiger partial charge in [-0.05, 0) is 18.6 Å². The molecule has 0 spiro atoms. The zero-order valence-electron chi connectivity index (χ0n) is 9.65. The van der Waals surface area contributed by atoms with Crippen LogP contribution in [0.1, 0.15) is 6.42 Å². The van der Waals surface area contributed by atoms with Crippen LogP contribution in [-0.4, -0.2) is 32.3 Å². The standard InChI is InChI=1S/C12H15FN2O2/c1-17-12(16)14-9-6-7-15(8-9)11-5-3-2-4-10(11)13/h2-5,9H,6-8H2,1H3,(H,14,16)/t9-/m1/s1. The van der Waals surface area contributed by atoms with Crippen LogP contribution in [0.3, 0.4) is 0 Å². The maximum Gasteiger partial charge on any atom is 0.407 e. The van der Waals surface area contributed by atoms with E-state index in [1.807, 2.05) is 4.90 Å². The number of ether oxygens (including phenoxy) is 1. The highest BCUT2D eigenvalue weighted by molar-refractivity contribution is 5.67. The van der Waals surface area contributed by atoms with Gasteiger partial charge in [0.15, 0.2) is 0 Å². The molecule has 92 valence electrons. The van der Waals surface area contributed by atoms with Gasteiger partial charge in [0.05, 0.1) is 18.8 Å². The van der Waals surface area contributed by atoms with Gasteiger partial charge in [-0.3, -0.25) is 0 Å². The van der Waals surface area contributed by atoms with Crippen LogP contribution in [0.25, 0.3) is 0 Å². The number of methoxy groups -OCH3 is 1. The molecule has 0 saturated carbocycles. The van der Waals surface area contributed by atoms with E-state index in [2.05, 4.69) is 10.1 Å². The van der Waals surface area contributed by atoms with Crippen molar-refractivity contribution in [2.75, 3.05) is 25.1 Å². The molecule has 1 aromatic carbocycles. The fraction of sp³-hybridized carbons (Fsp3) is 0.417. The monoisotopic (exact) mass is 238 g/mol. The highest BCUT2D eigenvalue weighted by Gasteiger charge is 2.25. The van der Waals surface area contributed by atoms with Crippen LogP contribution in [0.2, 0.25) is 0 Å². The highest BCUT2D eigenvalue weighted by atomic mass is 19.1. The molecular weight excluding hydrogens is 223 g/mol. The molecule has 0 radical (unpaired) electrons. The van der Waals surface area contributed by atoms with Crippen LogP contribution in [-0.2, 0) is 4.74 Å². The maximum atomic E-state index is 13.5. The molecule has 1 fully saturated rings. The number of hydrogen-bond acceptors (Lipinski definition) is 3. The Bertz CT molecular complexity index is 411. The minimum atomic E-state index is -0.439. The molecule has 17 heavy (non-hydrogen) atoms. The number of hydrogen-bond donors (Lipinski definition) is 1. The summed E-state index contributed by atoms with van der Waals surface area (Å²) in [5.74, 6) is -0.230. The lowest BCUT2D eigenvalue weighted by atomic mass is 10.3. The molecule has 5 heteroatoms. The topological polar surface area (TPSA) is 41.6 Å². The van der Waals surface area contributed by atoms with Crippen molar-refractivity contribution >= 4 is 11.8 Å². The number of rotatable bonds is 2. The second-order valence-electron chi connectivity index (χ2n) is 4.02. The summed E-state index contributed by atoms with van der Waals surface area (Å²) in [5, 5.41) is 2.72. The van der Waals surface area contributed by atoms with Crippen LogP contribution in [0, 0.1) is 5.82 Å². The average molecular weight is 238 g/mol. The Morgan fingerprint density at radius 1 is 1.53 bits per heavy atom. The van der Waals surface area contributed by atoms with Gasteiger partial charge in [-0.2, -0.15) is 0 Å². The van der Waals surface area contributed by atoms with Gasteiger partial charge in [0.1, 0.15) is 5.82 Å². The van der Waals surface area contributed by atoms with Gasteiger partial charge < -0.3 is 15.0 Å². The molecule has 0 aromatic heterocycles. The first kappa shape index (κ1) is 11.7. The van der Waals surface area contributed by atoms with Crippen LogP contribution >= 0.6 is 0 Å². The summed E-state index contributed by atoms with van der Waals surface area (Å²) in [4.78, 5) is 13.0. The average Bonchev–Trinajstić information content (AvgIpc) is 2.78. The van der Waals surface area contributed by atoms with E-state index in [0.29, 0.717) is 12.2 Å². The second kappa shape index (κ2) is 5.03. The van der Waals surface area contributed by atoms with Crippen molar-refractivity contribution in [3.8, 4) is 0 Å². The maximum absolute atomic E-state index is 13.5. The number of carbonyl (C=O) groups is 1. The lowest BCUT2D eigenvalue weighted by Crippen LogP contribution is -2.37. The summed E-state index contributed by atoms with van der Waals surface area (Å²) >= 11 is 0. The third kappa shape index (κ3) is 2.67. The Balaban J connectivity index is 1.98. The number of nitrogens with zero attached hydrogens (tertiary/aromatic N) is 1. The molecule has 1 N–H and O–H groups in total. The molecule has 1 aromatic rings. The predicted octanol–water partition coefficient (Wildman–Crippen LogP) is 1.76. The minimum Gasteiger partial charge on any atom is -0.453 e. The molecular formula is C12H15FN2O2. The SMILES string of the molecule is COC(=O)N[C@@H]1CCN(c2ccccc2F)C1. The molecule has 0 bridgehead atoms. The summed E-state index contributed by atoms with van der Waals surface area (Å²) in [5.41, 5.74) is 0.585. The third-order valence-electron chi connectivity index (χ3n) is 2.89. The lowest BCUT2D eigenvalue weighted by molar-refractivity contribution is 0.167. The van der Waals surface area contributed by atoms with Crippen molar-refractivity contribution < 1.29 is 13.9 Å². The lowest BCUT2D eigenvalue weighted by Gasteiger charge is -2.19. The van der Waals surface area contributed by atoms with Gasteiger partial charge in [-0.15, -0.1) is 0 Å². The molecule has 0 aliphatic carbocycles. The molecule has 1 heterocycles.